The fourth-order valence-electron chi connectivity index (χ4n) is 4.24. The van der Waals surface area contributed by atoms with Gasteiger partial charge in [0.2, 0.25) is 0 Å². The van der Waals surface area contributed by atoms with Crippen molar-refractivity contribution in [3.05, 3.63) is 33.2 Å². The minimum absolute atomic E-state index is 0.200. The summed E-state index contributed by atoms with van der Waals surface area (Å²) < 4.78 is 19.8. The summed E-state index contributed by atoms with van der Waals surface area (Å²) in [6.45, 7) is 0.357. The second-order valence-electron chi connectivity index (χ2n) is 7.68. The van der Waals surface area contributed by atoms with Gasteiger partial charge in [-0.25, -0.2) is 9.48 Å². The molecule has 10 nitrogen and oxygen atoms in total. The molecule has 0 amide bonds. The normalized spacial score (nSPS) is 25.5. The fraction of sp³-hybridized carbons (Fsp3) is 0.684. The molecule has 4 rings (SSSR count). The van der Waals surface area contributed by atoms with Crippen LogP contribution in [0.2, 0.25) is 0 Å². The van der Waals surface area contributed by atoms with Crippen LogP contribution in [0.3, 0.4) is 0 Å². The monoisotopic (exact) mass is 405 g/mol. The van der Waals surface area contributed by atoms with E-state index >= 15 is 0 Å². The van der Waals surface area contributed by atoms with Gasteiger partial charge >= 0.3 is 5.69 Å². The number of aromatic amines is 1. The summed E-state index contributed by atoms with van der Waals surface area (Å²) in [4.78, 5) is 27.3. The van der Waals surface area contributed by atoms with E-state index in [1.807, 2.05) is 4.68 Å². The van der Waals surface area contributed by atoms with E-state index in [1.165, 1.54) is 30.0 Å². The molecule has 158 valence electrons. The van der Waals surface area contributed by atoms with E-state index in [4.69, 9.17) is 14.2 Å². The van der Waals surface area contributed by atoms with Crippen LogP contribution >= 0.6 is 0 Å². The van der Waals surface area contributed by atoms with Crippen LogP contribution in [0.5, 0.6) is 0 Å². The Labute approximate surface area is 167 Å². The summed E-state index contributed by atoms with van der Waals surface area (Å²) >= 11 is 0. The highest BCUT2D eigenvalue weighted by molar-refractivity contribution is 5.54. The van der Waals surface area contributed by atoms with Crippen LogP contribution in [-0.4, -0.2) is 57.6 Å². The summed E-state index contributed by atoms with van der Waals surface area (Å²) in [7, 11) is 3.19. The molecule has 29 heavy (non-hydrogen) atoms. The van der Waals surface area contributed by atoms with Gasteiger partial charge in [-0.15, -0.1) is 5.10 Å². The summed E-state index contributed by atoms with van der Waals surface area (Å²) in [6, 6.07) is 0.311. The van der Waals surface area contributed by atoms with Gasteiger partial charge in [0, 0.05) is 26.8 Å². The van der Waals surface area contributed by atoms with Crippen LogP contribution in [0, 0.1) is 0 Å². The molecule has 10 heteroatoms. The molecule has 1 N–H and O–H groups in total. The predicted octanol–water partition coefficient (Wildman–Crippen LogP) is 1.25. The lowest BCUT2D eigenvalue weighted by Crippen LogP contribution is -2.33. The van der Waals surface area contributed by atoms with Gasteiger partial charge in [-0.3, -0.25) is 14.3 Å². The van der Waals surface area contributed by atoms with Crippen LogP contribution < -0.4 is 11.2 Å². The van der Waals surface area contributed by atoms with Gasteiger partial charge < -0.3 is 14.2 Å². The SMILES string of the molecule is COC[C@H]1O[C@@H](n2cc(-c3cn(C4CCCCC4)nn3)c(=O)[nH]c2=O)CC1OC. The molecule has 2 fully saturated rings. The van der Waals surface area contributed by atoms with Gasteiger partial charge in [-0.2, -0.15) is 0 Å². The number of nitrogens with one attached hydrogen (secondary N) is 1. The maximum absolute atomic E-state index is 12.4. The Hall–Kier alpha value is -2.30. The van der Waals surface area contributed by atoms with Crippen molar-refractivity contribution in [2.45, 2.75) is 63.0 Å². The quantitative estimate of drug-likeness (QED) is 0.769. The number of nitrogens with zero attached hydrogens (tertiary/aromatic N) is 4. The van der Waals surface area contributed by atoms with Crippen molar-refractivity contribution in [1.82, 2.24) is 24.5 Å². The average Bonchev–Trinajstić information content (AvgIpc) is 3.36. The van der Waals surface area contributed by atoms with Crippen molar-refractivity contribution in [2.75, 3.05) is 20.8 Å². The fourth-order valence-corrected chi connectivity index (χ4v) is 4.24. The highest BCUT2D eigenvalue weighted by Crippen LogP contribution is 2.31. The summed E-state index contributed by atoms with van der Waals surface area (Å²) in [5.74, 6) is 0. The van der Waals surface area contributed by atoms with E-state index in [0.29, 0.717) is 30.3 Å². The van der Waals surface area contributed by atoms with Crippen LogP contribution in [0.1, 0.15) is 50.8 Å². The van der Waals surface area contributed by atoms with Crippen molar-refractivity contribution < 1.29 is 14.2 Å². The molecule has 0 spiro atoms. The number of methoxy groups -OCH3 is 2. The van der Waals surface area contributed by atoms with Crippen LogP contribution in [0.25, 0.3) is 11.3 Å². The minimum Gasteiger partial charge on any atom is -0.382 e. The van der Waals surface area contributed by atoms with Crippen LogP contribution in [0.15, 0.2) is 22.0 Å². The van der Waals surface area contributed by atoms with Gasteiger partial charge in [-0.05, 0) is 12.8 Å². The largest absolute Gasteiger partial charge is 0.382 e. The summed E-state index contributed by atoms with van der Waals surface area (Å²) in [5.41, 5.74) is -0.285. The van der Waals surface area contributed by atoms with E-state index in [-0.39, 0.29) is 12.2 Å². The Bertz CT molecular complexity index is 945. The Morgan fingerprint density at radius 3 is 2.72 bits per heavy atom. The lowest BCUT2D eigenvalue weighted by Gasteiger charge is -2.20. The molecule has 1 aliphatic carbocycles. The van der Waals surface area contributed by atoms with Gasteiger partial charge in [0.05, 0.1) is 30.5 Å². The third-order valence-electron chi connectivity index (χ3n) is 5.83. The molecule has 1 saturated heterocycles. The van der Waals surface area contributed by atoms with Crippen molar-refractivity contribution in [1.29, 1.82) is 0 Å². The van der Waals surface area contributed by atoms with Crippen LogP contribution in [0.4, 0.5) is 0 Å². The molecule has 1 unspecified atom stereocenters. The van der Waals surface area contributed by atoms with Crippen molar-refractivity contribution in [3.8, 4) is 11.3 Å². The molecule has 2 aliphatic rings. The second-order valence-corrected chi connectivity index (χ2v) is 7.68. The minimum atomic E-state index is -0.559. The zero-order valence-corrected chi connectivity index (χ0v) is 16.7. The van der Waals surface area contributed by atoms with Crippen molar-refractivity contribution in [2.24, 2.45) is 0 Å². The number of rotatable bonds is 6. The summed E-state index contributed by atoms with van der Waals surface area (Å²) in [5, 5.41) is 8.41. The molecule has 0 radical (unpaired) electrons. The van der Waals surface area contributed by atoms with Gasteiger partial charge in [0.15, 0.2) is 0 Å². The first kappa shape index (κ1) is 20.0. The number of H-pyrrole nitrogens is 1. The highest BCUT2D eigenvalue weighted by Gasteiger charge is 2.37. The van der Waals surface area contributed by atoms with Gasteiger partial charge in [0.1, 0.15) is 18.0 Å². The van der Waals surface area contributed by atoms with E-state index in [1.54, 1.807) is 20.4 Å². The van der Waals surface area contributed by atoms with E-state index < -0.39 is 17.5 Å². The van der Waals surface area contributed by atoms with Crippen LogP contribution in [-0.2, 0) is 14.2 Å². The predicted molar refractivity (Wildman–Crippen MR) is 104 cm³/mol. The maximum atomic E-state index is 12.4. The number of aromatic nitrogens is 5. The molecule has 0 bridgehead atoms. The molecule has 2 aromatic heterocycles. The van der Waals surface area contributed by atoms with Gasteiger partial charge in [-0.1, -0.05) is 24.5 Å². The lowest BCUT2D eigenvalue weighted by atomic mass is 9.96. The zero-order chi connectivity index (χ0) is 20.4. The lowest BCUT2D eigenvalue weighted by molar-refractivity contribution is -0.0617. The Balaban J connectivity index is 1.62. The molecule has 1 aliphatic heterocycles. The third-order valence-corrected chi connectivity index (χ3v) is 5.83. The molecule has 1 saturated carbocycles. The molecule has 0 aromatic carbocycles. The van der Waals surface area contributed by atoms with E-state index in [0.717, 1.165) is 12.8 Å². The van der Waals surface area contributed by atoms with E-state index in [2.05, 4.69) is 15.3 Å². The first-order chi connectivity index (χ1) is 14.1. The Kier molecular flexibility index (Phi) is 5.93. The molecule has 3 atom stereocenters. The molecular formula is C19H27N5O5. The van der Waals surface area contributed by atoms with Crippen molar-refractivity contribution in [3.63, 3.8) is 0 Å². The topological polar surface area (TPSA) is 113 Å². The smallest absolute Gasteiger partial charge is 0.330 e. The van der Waals surface area contributed by atoms with E-state index in [9.17, 15) is 9.59 Å². The highest BCUT2D eigenvalue weighted by atomic mass is 16.6. The maximum Gasteiger partial charge on any atom is 0.330 e. The molecule has 3 heterocycles. The number of hydrogen-bond donors (Lipinski definition) is 1. The third kappa shape index (κ3) is 4.05. The standard InChI is InChI=1S/C19H27N5O5/c1-27-11-16-15(28-2)8-17(29-16)23-9-13(18(25)20-19(23)26)14-10-24(22-21-14)12-6-4-3-5-7-12/h9-10,12,15-17H,3-8,11H2,1-2H3,(H,20,25,26)/t15?,16-,17-/m1/s1. The second kappa shape index (κ2) is 8.60. The number of hydrogen-bond acceptors (Lipinski definition) is 7. The molecule has 2 aromatic rings. The number of ether oxygens (including phenoxy) is 3. The van der Waals surface area contributed by atoms with Crippen molar-refractivity contribution >= 4 is 0 Å². The first-order valence-electron chi connectivity index (χ1n) is 10.1. The summed E-state index contributed by atoms with van der Waals surface area (Å²) in [6.07, 6.45) is 8.44. The molecular weight excluding hydrogens is 378 g/mol. The Morgan fingerprint density at radius 2 is 2.00 bits per heavy atom. The zero-order valence-electron chi connectivity index (χ0n) is 16.7. The first-order valence-corrected chi connectivity index (χ1v) is 10.1. The van der Waals surface area contributed by atoms with Gasteiger partial charge in [0.25, 0.3) is 5.56 Å². The average molecular weight is 405 g/mol. The Morgan fingerprint density at radius 1 is 1.21 bits per heavy atom.